The van der Waals surface area contributed by atoms with Crippen LogP contribution in [-0.4, -0.2) is 45.9 Å². The molecule has 1 amide bonds. The van der Waals surface area contributed by atoms with Gasteiger partial charge in [0, 0.05) is 37.2 Å². The predicted octanol–water partition coefficient (Wildman–Crippen LogP) is 3.84. The first kappa shape index (κ1) is 21.8. The van der Waals surface area contributed by atoms with Gasteiger partial charge < -0.3 is 9.64 Å². The number of benzene rings is 2. The maximum absolute atomic E-state index is 12.7. The van der Waals surface area contributed by atoms with Crippen molar-refractivity contribution < 1.29 is 17.9 Å². The van der Waals surface area contributed by atoms with Crippen molar-refractivity contribution in [2.75, 3.05) is 32.1 Å². The quantitative estimate of drug-likeness (QED) is 0.564. The largest absolute Gasteiger partial charge is 0.494 e. The molecule has 1 aliphatic heterocycles. The molecular weight excluding hydrogens is 456 g/mol. The molecule has 0 unspecified atom stereocenters. The highest BCUT2D eigenvalue weighted by atomic mass is 79.9. The summed E-state index contributed by atoms with van der Waals surface area (Å²) in [5.41, 5.74) is 1.71. The minimum atomic E-state index is -3.48. The summed E-state index contributed by atoms with van der Waals surface area (Å²) in [6.07, 6.45) is 2.59. The summed E-state index contributed by atoms with van der Waals surface area (Å²) in [4.78, 5) is 14.8. The van der Waals surface area contributed by atoms with Crippen LogP contribution in [0.4, 0.5) is 5.69 Å². The van der Waals surface area contributed by atoms with Crippen molar-refractivity contribution in [3.8, 4) is 5.75 Å². The molecule has 0 N–H and O–H groups in total. The zero-order chi connectivity index (χ0) is 21.0. The third-order valence-corrected chi connectivity index (χ3v) is 7.21. The number of carbonyl (C=O) groups excluding carboxylic acids is 1. The monoisotopic (exact) mass is 480 g/mol. The Morgan fingerprint density at radius 3 is 2.59 bits per heavy atom. The molecule has 1 aliphatic rings. The molecule has 0 bridgehead atoms. The van der Waals surface area contributed by atoms with E-state index < -0.39 is 10.0 Å². The first-order valence-corrected chi connectivity index (χ1v) is 11.8. The molecule has 29 heavy (non-hydrogen) atoms. The fraction of sp³-hybridized carbons (Fsp3) is 0.381. The highest BCUT2D eigenvalue weighted by molar-refractivity contribution is 9.10. The average Bonchev–Trinajstić information content (AvgIpc) is 2.71. The number of sulfonamides is 1. The zero-order valence-electron chi connectivity index (χ0n) is 16.6. The number of ether oxygens (including phenoxy) is 1. The topological polar surface area (TPSA) is 66.9 Å². The molecule has 0 fully saturated rings. The summed E-state index contributed by atoms with van der Waals surface area (Å²) in [6.45, 7) is 1.12. The van der Waals surface area contributed by atoms with E-state index in [-0.39, 0.29) is 10.8 Å². The molecule has 0 aromatic heterocycles. The van der Waals surface area contributed by atoms with Crippen molar-refractivity contribution in [2.24, 2.45) is 0 Å². The van der Waals surface area contributed by atoms with Crippen LogP contribution in [0.1, 0.15) is 24.8 Å². The molecular formula is C21H25BrN2O4S. The van der Waals surface area contributed by atoms with E-state index in [0.717, 1.165) is 34.3 Å². The summed E-state index contributed by atoms with van der Waals surface area (Å²) in [6, 6.07) is 12.6. The molecule has 0 saturated heterocycles. The fourth-order valence-corrected chi connectivity index (χ4v) is 4.50. The number of nitrogens with zero attached hydrogens (tertiary/aromatic N) is 2. The van der Waals surface area contributed by atoms with Crippen LogP contribution in [0, 0.1) is 0 Å². The van der Waals surface area contributed by atoms with Gasteiger partial charge in [-0.05, 0) is 67.3 Å². The van der Waals surface area contributed by atoms with Crippen LogP contribution >= 0.6 is 15.9 Å². The Balaban J connectivity index is 1.62. The van der Waals surface area contributed by atoms with E-state index in [1.165, 1.54) is 18.4 Å². The van der Waals surface area contributed by atoms with Crippen LogP contribution in [-0.2, 0) is 21.2 Å². The molecule has 0 radical (unpaired) electrons. The smallest absolute Gasteiger partial charge is 0.242 e. The number of fused-ring (bicyclic) bond motifs is 1. The van der Waals surface area contributed by atoms with E-state index in [9.17, 15) is 13.2 Å². The van der Waals surface area contributed by atoms with Crippen molar-refractivity contribution in [1.29, 1.82) is 0 Å². The van der Waals surface area contributed by atoms with Crippen LogP contribution in [0.5, 0.6) is 5.75 Å². The van der Waals surface area contributed by atoms with Crippen molar-refractivity contribution in [2.45, 2.75) is 30.6 Å². The van der Waals surface area contributed by atoms with Gasteiger partial charge in [-0.2, -0.15) is 0 Å². The lowest BCUT2D eigenvalue weighted by atomic mass is 10.0. The van der Waals surface area contributed by atoms with Crippen LogP contribution < -0.4 is 9.64 Å². The van der Waals surface area contributed by atoms with E-state index in [2.05, 4.69) is 15.9 Å². The summed E-state index contributed by atoms with van der Waals surface area (Å²) in [5.74, 6) is 0.812. The molecule has 2 aromatic rings. The number of hydrogen-bond acceptors (Lipinski definition) is 4. The minimum Gasteiger partial charge on any atom is -0.494 e. The molecule has 3 rings (SSSR count). The third kappa shape index (κ3) is 5.18. The Labute approximate surface area is 180 Å². The van der Waals surface area contributed by atoms with Crippen LogP contribution in [0.3, 0.4) is 0 Å². The highest BCUT2D eigenvalue weighted by Crippen LogP contribution is 2.30. The lowest BCUT2D eigenvalue weighted by Gasteiger charge is -2.30. The molecule has 0 saturated carbocycles. The number of halogens is 1. The van der Waals surface area contributed by atoms with Crippen molar-refractivity contribution in [3.63, 3.8) is 0 Å². The normalized spacial score (nSPS) is 14.0. The number of anilines is 1. The Kier molecular flexibility index (Phi) is 6.97. The molecule has 0 atom stereocenters. The van der Waals surface area contributed by atoms with E-state index in [4.69, 9.17) is 4.74 Å². The minimum absolute atomic E-state index is 0.0357. The maximum atomic E-state index is 12.7. The van der Waals surface area contributed by atoms with E-state index in [0.29, 0.717) is 26.0 Å². The second-order valence-corrected chi connectivity index (χ2v) is 10.2. The Hall–Kier alpha value is -1.90. The van der Waals surface area contributed by atoms with Gasteiger partial charge in [-0.1, -0.05) is 15.9 Å². The molecule has 6 nitrogen and oxygen atoms in total. The molecule has 0 spiro atoms. The van der Waals surface area contributed by atoms with Gasteiger partial charge in [-0.15, -0.1) is 0 Å². The molecule has 0 aliphatic carbocycles. The predicted molar refractivity (Wildman–Crippen MR) is 117 cm³/mol. The third-order valence-electron chi connectivity index (χ3n) is 4.87. The lowest BCUT2D eigenvalue weighted by molar-refractivity contribution is -0.118. The van der Waals surface area contributed by atoms with Gasteiger partial charge >= 0.3 is 0 Å². The van der Waals surface area contributed by atoms with Gasteiger partial charge in [0.25, 0.3) is 0 Å². The number of aryl methyl sites for hydroxylation is 1. The zero-order valence-corrected chi connectivity index (χ0v) is 19.0. The standard InChI is InChI=1S/C21H25BrN2O4S/c1-23(2)29(26,27)19-11-12-20-16(15-19)5-3-13-24(20)21(25)6-4-14-28-18-9-7-17(22)8-10-18/h7-12,15H,3-6,13-14H2,1-2H3. The van der Waals surface area contributed by atoms with E-state index in [1.54, 1.807) is 23.1 Å². The number of amides is 1. The van der Waals surface area contributed by atoms with Gasteiger partial charge in [0.15, 0.2) is 0 Å². The maximum Gasteiger partial charge on any atom is 0.242 e. The number of rotatable bonds is 7. The Morgan fingerprint density at radius 1 is 1.17 bits per heavy atom. The second-order valence-electron chi connectivity index (χ2n) is 7.13. The van der Waals surface area contributed by atoms with Crippen LogP contribution in [0.25, 0.3) is 0 Å². The van der Waals surface area contributed by atoms with Gasteiger partial charge in [-0.3, -0.25) is 4.79 Å². The number of hydrogen-bond donors (Lipinski definition) is 0. The first-order chi connectivity index (χ1) is 13.8. The van der Waals surface area contributed by atoms with Crippen LogP contribution in [0.2, 0.25) is 0 Å². The highest BCUT2D eigenvalue weighted by Gasteiger charge is 2.25. The van der Waals surface area contributed by atoms with Gasteiger partial charge in [0.05, 0.1) is 11.5 Å². The van der Waals surface area contributed by atoms with Gasteiger partial charge in [0.1, 0.15) is 5.75 Å². The Bertz CT molecular complexity index is 975. The van der Waals surface area contributed by atoms with Gasteiger partial charge in [0.2, 0.25) is 15.9 Å². The Morgan fingerprint density at radius 2 is 1.90 bits per heavy atom. The lowest BCUT2D eigenvalue weighted by Crippen LogP contribution is -2.35. The molecule has 156 valence electrons. The fourth-order valence-electron chi connectivity index (χ4n) is 3.28. The molecule has 1 heterocycles. The number of carbonyl (C=O) groups is 1. The first-order valence-electron chi connectivity index (χ1n) is 9.53. The average molecular weight is 481 g/mol. The molecule has 2 aromatic carbocycles. The van der Waals surface area contributed by atoms with Gasteiger partial charge in [-0.25, -0.2) is 12.7 Å². The van der Waals surface area contributed by atoms with Crippen molar-refractivity contribution in [3.05, 3.63) is 52.5 Å². The summed E-state index contributed by atoms with van der Waals surface area (Å²) >= 11 is 3.38. The molecule has 8 heteroatoms. The summed E-state index contributed by atoms with van der Waals surface area (Å²) < 4.78 is 32.6. The van der Waals surface area contributed by atoms with Crippen molar-refractivity contribution in [1.82, 2.24) is 4.31 Å². The van der Waals surface area contributed by atoms with Crippen LogP contribution in [0.15, 0.2) is 51.8 Å². The summed E-state index contributed by atoms with van der Waals surface area (Å²) in [5, 5.41) is 0. The SMILES string of the molecule is CN(C)S(=O)(=O)c1ccc2c(c1)CCCN2C(=O)CCCOc1ccc(Br)cc1. The summed E-state index contributed by atoms with van der Waals surface area (Å²) in [7, 11) is -0.455. The van der Waals surface area contributed by atoms with E-state index in [1.807, 2.05) is 24.3 Å². The second kappa shape index (κ2) is 9.28. The van der Waals surface area contributed by atoms with E-state index >= 15 is 0 Å². The van der Waals surface area contributed by atoms with Crippen molar-refractivity contribution >= 4 is 37.5 Å².